The van der Waals surface area contributed by atoms with Crippen LogP contribution in [0.5, 0.6) is 0 Å². The molecule has 0 aliphatic heterocycles. The van der Waals surface area contributed by atoms with Crippen molar-refractivity contribution in [2.24, 2.45) is 11.8 Å². The summed E-state index contributed by atoms with van der Waals surface area (Å²) in [5.74, 6) is 1.39. The first-order valence-electron chi connectivity index (χ1n) is 7.98. The van der Waals surface area contributed by atoms with Gasteiger partial charge in [-0.1, -0.05) is 26.0 Å². The Morgan fingerprint density at radius 3 is 2.76 bits per heavy atom. The van der Waals surface area contributed by atoms with Gasteiger partial charge in [-0.2, -0.15) is 0 Å². The first-order valence-corrected chi connectivity index (χ1v) is 7.98. The molecule has 1 aromatic rings. The van der Waals surface area contributed by atoms with Crippen molar-refractivity contribution in [1.29, 1.82) is 0 Å². The fraction of sp³-hybridized carbons (Fsp3) is 0.588. The van der Waals surface area contributed by atoms with E-state index in [0.29, 0.717) is 5.92 Å². The van der Waals surface area contributed by atoms with Crippen LogP contribution in [0.2, 0.25) is 0 Å². The van der Waals surface area contributed by atoms with Crippen LogP contribution in [0.1, 0.15) is 45.2 Å². The molecule has 2 unspecified atom stereocenters. The number of hydrogen-bond donors (Lipinski definition) is 3. The summed E-state index contributed by atoms with van der Waals surface area (Å²) < 4.78 is 0. The van der Waals surface area contributed by atoms with Gasteiger partial charge in [-0.15, -0.1) is 0 Å². The highest BCUT2D eigenvalue weighted by atomic mass is 16.2. The van der Waals surface area contributed by atoms with Gasteiger partial charge in [-0.05, 0) is 55.8 Å². The van der Waals surface area contributed by atoms with Crippen LogP contribution in [0.4, 0.5) is 10.5 Å². The summed E-state index contributed by atoms with van der Waals surface area (Å²) in [5.41, 5.74) is 2.02. The number of carbonyl (C=O) groups excluding carboxylic acids is 1. The minimum atomic E-state index is -0.115. The molecule has 0 spiro atoms. The number of urea groups is 1. The van der Waals surface area contributed by atoms with Gasteiger partial charge < -0.3 is 16.0 Å². The van der Waals surface area contributed by atoms with Crippen LogP contribution in [0, 0.1) is 11.8 Å². The molecule has 0 aromatic heterocycles. The van der Waals surface area contributed by atoms with Crippen LogP contribution in [0.25, 0.3) is 0 Å². The zero-order valence-corrected chi connectivity index (χ0v) is 13.3. The summed E-state index contributed by atoms with van der Waals surface area (Å²) in [4.78, 5) is 11.9. The maximum Gasteiger partial charge on any atom is 0.319 e. The molecule has 2 rings (SSSR count). The van der Waals surface area contributed by atoms with Crippen LogP contribution in [0.3, 0.4) is 0 Å². The third-order valence-electron chi connectivity index (χ3n) is 4.17. The van der Waals surface area contributed by atoms with E-state index in [-0.39, 0.29) is 12.1 Å². The third-order valence-corrected chi connectivity index (χ3v) is 4.17. The predicted molar refractivity (Wildman–Crippen MR) is 87.4 cm³/mol. The monoisotopic (exact) mass is 289 g/mol. The molecule has 116 valence electrons. The average molecular weight is 289 g/mol. The molecule has 4 heteroatoms. The summed E-state index contributed by atoms with van der Waals surface area (Å²) >= 11 is 0. The Balaban J connectivity index is 1.83. The molecule has 1 aliphatic carbocycles. The molecule has 0 radical (unpaired) electrons. The Kier molecular flexibility index (Phi) is 5.62. The Hall–Kier alpha value is -1.55. The van der Waals surface area contributed by atoms with Crippen molar-refractivity contribution in [3.05, 3.63) is 29.8 Å². The maximum atomic E-state index is 11.9. The van der Waals surface area contributed by atoms with Gasteiger partial charge in [0, 0.05) is 18.3 Å². The molecule has 0 bridgehead atoms. The standard InChI is InChI=1S/C17H27N3O/c1-4-18-13(3)15-6-5-7-16(10-15)20-17(21)19-11-12(2)14-8-9-14/h5-7,10,12-14,18H,4,8-9,11H2,1-3H3,(H2,19,20,21). The number of rotatable bonds is 7. The van der Waals surface area contributed by atoms with Gasteiger partial charge >= 0.3 is 6.03 Å². The van der Waals surface area contributed by atoms with Crippen LogP contribution in [-0.2, 0) is 0 Å². The van der Waals surface area contributed by atoms with E-state index in [4.69, 9.17) is 0 Å². The van der Waals surface area contributed by atoms with Crippen LogP contribution in [0.15, 0.2) is 24.3 Å². The molecule has 3 N–H and O–H groups in total. The van der Waals surface area contributed by atoms with Crippen molar-refractivity contribution in [2.75, 3.05) is 18.4 Å². The molecule has 4 nitrogen and oxygen atoms in total. The lowest BCUT2D eigenvalue weighted by molar-refractivity contribution is 0.250. The van der Waals surface area contributed by atoms with Gasteiger partial charge in [-0.25, -0.2) is 4.79 Å². The lowest BCUT2D eigenvalue weighted by Gasteiger charge is -2.15. The van der Waals surface area contributed by atoms with Crippen LogP contribution < -0.4 is 16.0 Å². The minimum absolute atomic E-state index is 0.115. The Morgan fingerprint density at radius 2 is 2.10 bits per heavy atom. The Morgan fingerprint density at radius 1 is 1.33 bits per heavy atom. The second-order valence-electron chi connectivity index (χ2n) is 6.05. The second-order valence-corrected chi connectivity index (χ2v) is 6.05. The van der Waals surface area contributed by atoms with Gasteiger partial charge in [0.05, 0.1) is 0 Å². The maximum absolute atomic E-state index is 11.9. The average Bonchev–Trinajstić information content (AvgIpc) is 3.30. The number of carbonyl (C=O) groups is 1. The second kappa shape index (κ2) is 7.46. The molecule has 1 saturated carbocycles. The van der Waals surface area contributed by atoms with Gasteiger partial charge in [0.1, 0.15) is 0 Å². The Bertz CT molecular complexity index is 471. The van der Waals surface area contributed by atoms with Crippen molar-refractivity contribution in [1.82, 2.24) is 10.6 Å². The summed E-state index contributed by atoms with van der Waals surface area (Å²) in [6.07, 6.45) is 2.63. The van der Waals surface area contributed by atoms with Crippen LogP contribution in [-0.4, -0.2) is 19.1 Å². The van der Waals surface area contributed by atoms with Crippen molar-refractivity contribution in [3.63, 3.8) is 0 Å². The van der Waals surface area contributed by atoms with Crippen molar-refractivity contribution < 1.29 is 4.79 Å². The number of anilines is 1. The molecule has 2 amide bonds. The smallest absolute Gasteiger partial charge is 0.319 e. The lowest BCUT2D eigenvalue weighted by atomic mass is 10.1. The Labute approximate surface area is 127 Å². The summed E-state index contributed by atoms with van der Waals surface area (Å²) in [6.45, 7) is 8.10. The molecule has 1 aliphatic rings. The number of nitrogens with one attached hydrogen (secondary N) is 3. The molecule has 1 fully saturated rings. The van der Waals surface area contributed by atoms with E-state index in [0.717, 1.165) is 24.7 Å². The summed E-state index contributed by atoms with van der Waals surface area (Å²) in [7, 11) is 0. The zero-order valence-electron chi connectivity index (χ0n) is 13.3. The largest absolute Gasteiger partial charge is 0.338 e. The predicted octanol–water partition coefficient (Wildman–Crippen LogP) is 3.52. The number of benzene rings is 1. The number of amides is 2. The molecule has 0 heterocycles. The SMILES string of the molecule is CCNC(C)c1cccc(NC(=O)NCC(C)C2CC2)c1. The highest BCUT2D eigenvalue weighted by molar-refractivity contribution is 5.89. The normalized spacial score (nSPS) is 17.1. The first kappa shape index (κ1) is 15.8. The van der Waals surface area contributed by atoms with E-state index < -0.39 is 0 Å². The van der Waals surface area contributed by atoms with E-state index in [1.54, 1.807) is 0 Å². The van der Waals surface area contributed by atoms with Gasteiger partial charge in [-0.3, -0.25) is 0 Å². The summed E-state index contributed by atoms with van der Waals surface area (Å²) in [5, 5.41) is 9.25. The van der Waals surface area contributed by atoms with Gasteiger partial charge in [0.15, 0.2) is 0 Å². The minimum Gasteiger partial charge on any atom is -0.338 e. The number of hydrogen-bond acceptors (Lipinski definition) is 2. The van der Waals surface area contributed by atoms with E-state index in [1.165, 1.54) is 18.4 Å². The zero-order chi connectivity index (χ0) is 15.2. The van der Waals surface area contributed by atoms with E-state index in [1.807, 2.05) is 18.2 Å². The van der Waals surface area contributed by atoms with E-state index in [9.17, 15) is 4.79 Å². The molecular weight excluding hydrogens is 262 g/mol. The quantitative estimate of drug-likeness (QED) is 0.719. The van der Waals surface area contributed by atoms with Crippen molar-refractivity contribution in [2.45, 2.75) is 39.7 Å². The van der Waals surface area contributed by atoms with Crippen molar-refractivity contribution >= 4 is 11.7 Å². The molecule has 2 atom stereocenters. The molecule has 1 aromatic carbocycles. The topological polar surface area (TPSA) is 53.2 Å². The van der Waals surface area contributed by atoms with Crippen LogP contribution >= 0.6 is 0 Å². The third kappa shape index (κ3) is 5.05. The van der Waals surface area contributed by atoms with Gasteiger partial charge in [0.25, 0.3) is 0 Å². The fourth-order valence-electron chi connectivity index (χ4n) is 2.57. The van der Waals surface area contributed by atoms with E-state index >= 15 is 0 Å². The highest BCUT2D eigenvalue weighted by Crippen LogP contribution is 2.36. The van der Waals surface area contributed by atoms with Gasteiger partial charge in [0.2, 0.25) is 0 Å². The lowest BCUT2D eigenvalue weighted by Crippen LogP contribution is -2.32. The molecule has 21 heavy (non-hydrogen) atoms. The van der Waals surface area contributed by atoms with Crippen molar-refractivity contribution in [3.8, 4) is 0 Å². The summed E-state index contributed by atoms with van der Waals surface area (Å²) in [6, 6.07) is 8.17. The highest BCUT2D eigenvalue weighted by Gasteiger charge is 2.27. The van der Waals surface area contributed by atoms with E-state index in [2.05, 4.69) is 42.8 Å². The first-order chi connectivity index (χ1) is 10.1. The fourth-order valence-corrected chi connectivity index (χ4v) is 2.57. The molecular formula is C17H27N3O. The molecule has 0 saturated heterocycles.